The van der Waals surface area contributed by atoms with Gasteiger partial charge in [0, 0.05) is 0 Å². The molecule has 0 saturated carbocycles. The number of nitrogens with one attached hydrogen (secondary N) is 2. The molecule has 0 unspecified atom stereocenters. The molecule has 1 heterocycles. The standard InChI is InChI=1S/C17H17N5O2S/c1-11(13-8-7-12-5-3-4-6-14(12)9-13)19-20-16-18-17(22-21-16)25-10-15(23)24-2/h3-9H,10H2,1-2H3,(H2,18,20,21,22)/b19-11+. The number of aromatic amines is 1. The lowest BCUT2D eigenvalue weighted by atomic mass is 10.0. The maximum absolute atomic E-state index is 11.1. The summed E-state index contributed by atoms with van der Waals surface area (Å²) < 4.78 is 4.57. The van der Waals surface area contributed by atoms with E-state index in [-0.39, 0.29) is 11.7 Å². The second-order valence-corrected chi connectivity index (χ2v) is 6.14. The Bertz CT molecular complexity index is 922. The summed E-state index contributed by atoms with van der Waals surface area (Å²) in [7, 11) is 1.35. The molecule has 1 aromatic heterocycles. The van der Waals surface area contributed by atoms with Gasteiger partial charge in [-0.2, -0.15) is 10.1 Å². The van der Waals surface area contributed by atoms with Crippen LogP contribution in [0.4, 0.5) is 5.95 Å². The Morgan fingerprint density at radius 2 is 2.08 bits per heavy atom. The van der Waals surface area contributed by atoms with E-state index in [2.05, 4.69) is 54.7 Å². The molecule has 3 rings (SSSR count). The SMILES string of the molecule is COC(=O)CSc1n[nH]c(N/N=C(\C)c2ccc3ccccc3c2)n1. The topological polar surface area (TPSA) is 92.3 Å². The summed E-state index contributed by atoms with van der Waals surface area (Å²) in [6.07, 6.45) is 0. The Hall–Kier alpha value is -2.87. The molecule has 0 amide bonds. The number of hydrazone groups is 1. The van der Waals surface area contributed by atoms with E-state index in [0.717, 1.165) is 16.7 Å². The minimum absolute atomic E-state index is 0.160. The number of carbonyl (C=O) groups excluding carboxylic acids is 1. The van der Waals surface area contributed by atoms with E-state index >= 15 is 0 Å². The average molecular weight is 355 g/mol. The first-order valence-corrected chi connectivity index (χ1v) is 8.56. The quantitative estimate of drug-likeness (QED) is 0.306. The first-order chi connectivity index (χ1) is 12.2. The van der Waals surface area contributed by atoms with Crippen LogP contribution in [0.1, 0.15) is 12.5 Å². The van der Waals surface area contributed by atoms with Crippen molar-refractivity contribution in [1.29, 1.82) is 0 Å². The first-order valence-electron chi connectivity index (χ1n) is 7.57. The van der Waals surface area contributed by atoms with Crippen LogP contribution in [0.15, 0.2) is 52.7 Å². The van der Waals surface area contributed by atoms with Gasteiger partial charge >= 0.3 is 5.97 Å². The summed E-state index contributed by atoms with van der Waals surface area (Å²) in [5, 5.41) is 13.9. The fourth-order valence-electron chi connectivity index (χ4n) is 2.16. The Kier molecular flexibility index (Phi) is 5.30. The van der Waals surface area contributed by atoms with Crippen molar-refractivity contribution in [2.24, 2.45) is 5.10 Å². The smallest absolute Gasteiger partial charge is 0.316 e. The second kappa shape index (κ2) is 7.80. The van der Waals surface area contributed by atoms with Crippen molar-refractivity contribution >= 4 is 40.2 Å². The van der Waals surface area contributed by atoms with Gasteiger partial charge in [-0.1, -0.05) is 48.2 Å². The van der Waals surface area contributed by atoms with Crippen molar-refractivity contribution in [2.75, 3.05) is 18.3 Å². The number of anilines is 1. The minimum atomic E-state index is -0.325. The maximum atomic E-state index is 11.1. The highest BCUT2D eigenvalue weighted by molar-refractivity contribution is 7.99. The van der Waals surface area contributed by atoms with Crippen LogP contribution in [0.5, 0.6) is 0 Å². The zero-order valence-electron chi connectivity index (χ0n) is 13.8. The van der Waals surface area contributed by atoms with Gasteiger partial charge in [-0.05, 0) is 29.3 Å². The van der Waals surface area contributed by atoms with Crippen molar-refractivity contribution in [2.45, 2.75) is 12.1 Å². The zero-order chi connectivity index (χ0) is 17.6. The fraction of sp³-hybridized carbons (Fsp3) is 0.176. The van der Waals surface area contributed by atoms with Gasteiger partial charge in [0.1, 0.15) is 0 Å². The lowest BCUT2D eigenvalue weighted by Gasteiger charge is -2.03. The third kappa shape index (κ3) is 4.36. The number of esters is 1. The summed E-state index contributed by atoms with van der Waals surface area (Å²) in [6.45, 7) is 1.92. The summed E-state index contributed by atoms with van der Waals surface area (Å²) in [4.78, 5) is 15.3. The van der Waals surface area contributed by atoms with Crippen LogP contribution in [0.3, 0.4) is 0 Å². The summed E-state index contributed by atoms with van der Waals surface area (Å²) >= 11 is 1.19. The molecule has 25 heavy (non-hydrogen) atoms. The number of carbonyl (C=O) groups is 1. The van der Waals surface area contributed by atoms with E-state index in [1.807, 2.05) is 25.1 Å². The zero-order valence-corrected chi connectivity index (χ0v) is 14.6. The van der Waals surface area contributed by atoms with E-state index in [9.17, 15) is 4.79 Å². The van der Waals surface area contributed by atoms with E-state index in [4.69, 9.17) is 0 Å². The minimum Gasteiger partial charge on any atom is -0.468 e. The fourth-order valence-corrected chi connectivity index (χ4v) is 2.79. The van der Waals surface area contributed by atoms with Gasteiger partial charge in [0.05, 0.1) is 18.6 Å². The van der Waals surface area contributed by atoms with Gasteiger partial charge in [0.25, 0.3) is 0 Å². The number of hydrogen-bond acceptors (Lipinski definition) is 7. The van der Waals surface area contributed by atoms with Crippen LogP contribution in [-0.2, 0) is 9.53 Å². The predicted molar refractivity (Wildman–Crippen MR) is 98.9 cm³/mol. The highest BCUT2D eigenvalue weighted by atomic mass is 32.2. The maximum Gasteiger partial charge on any atom is 0.316 e. The summed E-state index contributed by atoms with van der Waals surface area (Å²) in [6, 6.07) is 14.4. The molecule has 0 fully saturated rings. The van der Waals surface area contributed by atoms with Gasteiger partial charge in [-0.25, -0.2) is 10.5 Å². The Balaban J connectivity index is 1.66. The van der Waals surface area contributed by atoms with Gasteiger partial charge in [-0.15, -0.1) is 5.10 Å². The monoisotopic (exact) mass is 355 g/mol. The lowest BCUT2D eigenvalue weighted by Crippen LogP contribution is -2.03. The average Bonchev–Trinajstić information content (AvgIpc) is 3.11. The largest absolute Gasteiger partial charge is 0.468 e. The van der Waals surface area contributed by atoms with Gasteiger partial charge < -0.3 is 4.74 Å². The van der Waals surface area contributed by atoms with E-state index < -0.39 is 0 Å². The molecule has 128 valence electrons. The van der Waals surface area contributed by atoms with Crippen molar-refractivity contribution in [3.8, 4) is 0 Å². The molecule has 0 aliphatic rings. The van der Waals surface area contributed by atoms with Crippen LogP contribution >= 0.6 is 11.8 Å². The van der Waals surface area contributed by atoms with E-state index in [0.29, 0.717) is 11.1 Å². The van der Waals surface area contributed by atoms with Crippen LogP contribution in [0.25, 0.3) is 10.8 Å². The molecule has 2 aromatic carbocycles. The molecule has 2 N–H and O–H groups in total. The molecule has 7 nitrogen and oxygen atoms in total. The first kappa shape index (κ1) is 17.0. The third-order valence-electron chi connectivity index (χ3n) is 3.51. The molecular formula is C17H17N5O2S. The number of fused-ring (bicyclic) bond motifs is 1. The van der Waals surface area contributed by atoms with Crippen molar-refractivity contribution in [1.82, 2.24) is 15.2 Å². The van der Waals surface area contributed by atoms with Gasteiger partial charge in [0.2, 0.25) is 11.1 Å². The molecule has 8 heteroatoms. The number of aromatic nitrogens is 3. The van der Waals surface area contributed by atoms with Crippen molar-refractivity contribution < 1.29 is 9.53 Å². The van der Waals surface area contributed by atoms with E-state index in [1.54, 1.807) is 0 Å². The second-order valence-electron chi connectivity index (χ2n) is 5.20. The Morgan fingerprint density at radius 3 is 2.88 bits per heavy atom. The van der Waals surface area contributed by atoms with Gasteiger partial charge in [-0.3, -0.25) is 4.79 Å². The number of thioether (sulfide) groups is 1. The van der Waals surface area contributed by atoms with E-state index in [1.165, 1.54) is 24.3 Å². The van der Waals surface area contributed by atoms with Crippen LogP contribution < -0.4 is 5.43 Å². The van der Waals surface area contributed by atoms with Gasteiger partial charge in [0.15, 0.2) is 0 Å². The Morgan fingerprint density at radius 1 is 1.28 bits per heavy atom. The summed E-state index contributed by atoms with van der Waals surface area (Å²) in [5.41, 5.74) is 4.69. The van der Waals surface area contributed by atoms with Crippen molar-refractivity contribution in [3.63, 3.8) is 0 Å². The molecular weight excluding hydrogens is 338 g/mol. The highest BCUT2D eigenvalue weighted by Crippen LogP contribution is 2.17. The highest BCUT2D eigenvalue weighted by Gasteiger charge is 2.07. The summed E-state index contributed by atoms with van der Waals surface area (Å²) in [5.74, 6) is 0.245. The molecule has 0 aliphatic heterocycles. The molecule has 0 spiro atoms. The number of hydrogen-bond donors (Lipinski definition) is 2. The van der Waals surface area contributed by atoms with Crippen LogP contribution in [-0.4, -0.2) is 39.7 Å². The number of benzene rings is 2. The molecule has 0 saturated heterocycles. The Labute approximate surface area is 148 Å². The molecule has 0 bridgehead atoms. The molecule has 0 atom stereocenters. The van der Waals surface area contributed by atoms with Crippen LogP contribution in [0.2, 0.25) is 0 Å². The number of ether oxygens (including phenoxy) is 1. The lowest BCUT2D eigenvalue weighted by molar-refractivity contribution is -0.137. The number of rotatable bonds is 6. The molecule has 3 aromatic rings. The third-order valence-corrected chi connectivity index (χ3v) is 4.33. The van der Waals surface area contributed by atoms with Crippen molar-refractivity contribution in [3.05, 3.63) is 48.0 Å². The normalized spacial score (nSPS) is 11.5. The number of H-pyrrole nitrogens is 1. The molecule has 0 aliphatic carbocycles. The van der Waals surface area contributed by atoms with Crippen LogP contribution in [0, 0.1) is 0 Å². The number of nitrogens with zero attached hydrogens (tertiary/aromatic N) is 3. The molecule has 0 radical (unpaired) electrons. The number of methoxy groups -OCH3 is 1. The predicted octanol–water partition coefficient (Wildman–Crippen LogP) is 3.06.